The maximum absolute atomic E-state index is 8.91. The zero-order chi connectivity index (χ0) is 11.8. The second-order valence-electron chi connectivity index (χ2n) is 3.89. The molecule has 90 valence electrons. The van der Waals surface area contributed by atoms with Gasteiger partial charge < -0.3 is 15.2 Å². The summed E-state index contributed by atoms with van der Waals surface area (Å²) in [5.74, 6) is 0.890. The van der Waals surface area contributed by atoms with Crippen molar-refractivity contribution in [2.75, 3.05) is 19.8 Å². The molecule has 16 heavy (non-hydrogen) atoms. The van der Waals surface area contributed by atoms with E-state index in [0.717, 1.165) is 18.7 Å². The van der Waals surface area contributed by atoms with Crippen molar-refractivity contribution in [2.45, 2.75) is 26.3 Å². The van der Waals surface area contributed by atoms with Crippen LogP contribution in [0.15, 0.2) is 24.3 Å². The third-order valence-electron chi connectivity index (χ3n) is 2.41. The number of rotatable bonds is 7. The van der Waals surface area contributed by atoms with Crippen molar-refractivity contribution < 1.29 is 9.84 Å². The summed E-state index contributed by atoms with van der Waals surface area (Å²) < 4.78 is 5.68. The fourth-order valence-electron chi connectivity index (χ4n) is 1.59. The first kappa shape index (κ1) is 13.0. The zero-order valence-electron chi connectivity index (χ0n) is 10.1. The highest BCUT2D eigenvalue weighted by Crippen LogP contribution is 2.12. The quantitative estimate of drug-likeness (QED) is 0.739. The minimum atomic E-state index is 0.189. The van der Waals surface area contributed by atoms with Crippen molar-refractivity contribution in [3.8, 4) is 5.75 Å². The number of aryl methyl sites for hydroxylation is 1. The normalized spacial score (nSPS) is 12.4. The Bertz CT molecular complexity index is 296. The summed E-state index contributed by atoms with van der Waals surface area (Å²) in [6, 6.07) is 8.22. The number of hydrogen-bond acceptors (Lipinski definition) is 3. The second-order valence-corrected chi connectivity index (χ2v) is 3.89. The molecule has 0 heterocycles. The Morgan fingerprint density at radius 2 is 2.25 bits per heavy atom. The largest absolute Gasteiger partial charge is 0.492 e. The second kappa shape index (κ2) is 7.25. The Balaban J connectivity index is 2.41. The van der Waals surface area contributed by atoms with E-state index in [2.05, 4.69) is 12.2 Å². The molecule has 0 radical (unpaired) electrons. The van der Waals surface area contributed by atoms with Crippen LogP contribution in [-0.4, -0.2) is 30.9 Å². The van der Waals surface area contributed by atoms with Crippen LogP contribution in [0.3, 0.4) is 0 Å². The van der Waals surface area contributed by atoms with Crippen molar-refractivity contribution in [3.05, 3.63) is 29.8 Å². The minimum Gasteiger partial charge on any atom is -0.492 e. The Kier molecular flexibility index (Phi) is 5.90. The summed E-state index contributed by atoms with van der Waals surface area (Å²) in [6.07, 6.45) is 0.722. The molecular formula is C13H21NO2. The summed E-state index contributed by atoms with van der Waals surface area (Å²) in [4.78, 5) is 0. The third kappa shape index (κ3) is 4.64. The summed E-state index contributed by atoms with van der Waals surface area (Å²) in [5, 5.41) is 12.2. The number of ether oxygens (including phenoxy) is 1. The number of nitrogens with one attached hydrogen (secondary N) is 1. The van der Waals surface area contributed by atoms with Gasteiger partial charge >= 0.3 is 0 Å². The summed E-state index contributed by atoms with van der Waals surface area (Å²) in [5.41, 5.74) is 1.19. The fraction of sp³-hybridized carbons (Fsp3) is 0.538. The van der Waals surface area contributed by atoms with Crippen LogP contribution in [0, 0.1) is 6.92 Å². The van der Waals surface area contributed by atoms with Gasteiger partial charge in [-0.2, -0.15) is 0 Å². The van der Waals surface area contributed by atoms with Crippen molar-refractivity contribution >= 4 is 0 Å². The lowest BCUT2D eigenvalue weighted by Gasteiger charge is -2.17. The molecule has 0 saturated carbocycles. The van der Waals surface area contributed by atoms with Crippen LogP contribution in [0.4, 0.5) is 0 Å². The van der Waals surface area contributed by atoms with Crippen molar-refractivity contribution in [3.63, 3.8) is 0 Å². The van der Waals surface area contributed by atoms with Crippen molar-refractivity contribution in [2.24, 2.45) is 0 Å². The molecule has 3 nitrogen and oxygen atoms in total. The molecule has 1 aromatic rings. The molecule has 0 aliphatic heterocycles. The van der Waals surface area contributed by atoms with Crippen LogP contribution in [0.25, 0.3) is 0 Å². The zero-order valence-corrected chi connectivity index (χ0v) is 10.1. The van der Waals surface area contributed by atoms with Gasteiger partial charge in [0.2, 0.25) is 0 Å². The van der Waals surface area contributed by atoms with Gasteiger partial charge in [0.1, 0.15) is 12.4 Å². The van der Waals surface area contributed by atoms with Gasteiger partial charge in [0.25, 0.3) is 0 Å². The number of hydrogen-bond donors (Lipinski definition) is 2. The van der Waals surface area contributed by atoms with Crippen LogP contribution in [-0.2, 0) is 0 Å². The number of aliphatic hydroxyl groups excluding tert-OH is 1. The molecule has 2 N–H and O–H groups in total. The van der Waals surface area contributed by atoms with Crippen LogP contribution in [0.1, 0.15) is 18.9 Å². The molecule has 1 aromatic carbocycles. The van der Waals surface area contributed by atoms with Gasteiger partial charge in [0.05, 0.1) is 0 Å². The lowest BCUT2D eigenvalue weighted by molar-refractivity contribution is 0.215. The average molecular weight is 223 g/mol. The fourth-order valence-corrected chi connectivity index (χ4v) is 1.59. The highest BCUT2D eigenvalue weighted by molar-refractivity contribution is 5.27. The molecule has 1 unspecified atom stereocenters. The van der Waals surface area contributed by atoms with E-state index in [9.17, 15) is 0 Å². The summed E-state index contributed by atoms with van der Waals surface area (Å²) in [6.45, 7) is 5.77. The van der Waals surface area contributed by atoms with Crippen LogP contribution < -0.4 is 10.1 Å². The molecule has 0 bridgehead atoms. The average Bonchev–Trinajstić information content (AvgIpc) is 2.27. The van der Waals surface area contributed by atoms with E-state index in [-0.39, 0.29) is 12.6 Å². The van der Waals surface area contributed by atoms with Crippen molar-refractivity contribution in [1.82, 2.24) is 5.32 Å². The highest BCUT2D eigenvalue weighted by atomic mass is 16.5. The first-order valence-corrected chi connectivity index (χ1v) is 5.80. The lowest BCUT2D eigenvalue weighted by atomic mass is 10.2. The van der Waals surface area contributed by atoms with Gasteiger partial charge in [-0.15, -0.1) is 0 Å². The monoisotopic (exact) mass is 223 g/mol. The van der Waals surface area contributed by atoms with Gasteiger partial charge in [0, 0.05) is 12.6 Å². The smallest absolute Gasteiger partial charge is 0.119 e. The molecule has 1 rings (SSSR count). The third-order valence-corrected chi connectivity index (χ3v) is 2.41. The Morgan fingerprint density at radius 3 is 2.88 bits per heavy atom. The Morgan fingerprint density at radius 1 is 1.44 bits per heavy atom. The van der Waals surface area contributed by atoms with Crippen LogP contribution in [0.2, 0.25) is 0 Å². The predicted molar refractivity (Wildman–Crippen MR) is 65.8 cm³/mol. The minimum absolute atomic E-state index is 0.189. The van der Waals surface area contributed by atoms with Crippen molar-refractivity contribution in [1.29, 1.82) is 0 Å². The number of likely N-dealkylation sites (N-methyl/N-ethyl adjacent to an activating group) is 1. The number of benzene rings is 1. The highest BCUT2D eigenvalue weighted by Gasteiger charge is 2.07. The van der Waals surface area contributed by atoms with Gasteiger partial charge in [0.15, 0.2) is 0 Å². The summed E-state index contributed by atoms with van der Waals surface area (Å²) in [7, 11) is 0. The van der Waals surface area contributed by atoms with E-state index in [0.29, 0.717) is 6.61 Å². The first-order valence-electron chi connectivity index (χ1n) is 5.80. The molecule has 0 aliphatic carbocycles. The van der Waals surface area contributed by atoms with Gasteiger partial charge in [-0.25, -0.2) is 0 Å². The molecule has 0 amide bonds. The predicted octanol–water partition coefficient (Wildman–Crippen LogP) is 1.73. The van der Waals surface area contributed by atoms with E-state index in [4.69, 9.17) is 9.84 Å². The Hall–Kier alpha value is -1.06. The topological polar surface area (TPSA) is 41.5 Å². The maximum atomic E-state index is 8.91. The van der Waals surface area contributed by atoms with E-state index >= 15 is 0 Å². The van der Waals surface area contributed by atoms with Gasteiger partial charge in [-0.1, -0.05) is 19.1 Å². The summed E-state index contributed by atoms with van der Waals surface area (Å²) >= 11 is 0. The molecule has 0 saturated heterocycles. The van der Waals surface area contributed by atoms with Gasteiger partial charge in [-0.3, -0.25) is 0 Å². The maximum Gasteiger partial charge on any atom is 0.119 e. The SMILES string of the molecule is CCNC(CCO)COc1cccc(C)c1. The van der Waals surface area contributed by atoms with E-state index in [1.54, 1.807) is 0 Å². The molecule has 0 fully saturated rings. The molecule has 3 heteroatoms. The first-order chi connectivity index (χ1) is 7.76. The molecule has 0 spiro atoms. The van der Waals surface area contributed by atoms with E-state index in [1.807, 2.05) is 31.2 Å². The Labute approximate surface area is 97.4 Å². The van der Waals surface area contributed by atoms with Crippen LogP contribution in [0.5, 0.6) is 5.75 Å². The molecule has 1 atom stereocenters. The van der Waals surface area contributed by atoms with E-state index < -0.39 is 0 Å². The van der Waals surface area contributed by atoms with Crippen LogP contribution >= 0.6 is 0 Å². The van der Waals surface area contributed by atoms with E-state index in [1.165, 1.54) is 5.56 Å². The molecule has 0 aromatic heterocycles. The standard InChI is InChI=1S/C13H21NO2/c1-3-14-12(7-8-15)10-16-13-6-4-5-11(2)9-13/h4-6,9,12,14-15H,3,7-8,10H2,1-2H3. The lowest BCUT2D eigenvalue weighted by Crippen LogP contribution is -2.35. The van der Waals surface area contributed by atoms with Gasteiger partial charge in [-0.05, 0) is 37.6 Å². The molecular weight excluding hydrogens is 202 g/mol. The number of aliphatic hydroxyl groups is 1. The molecule has 0 aliphatic rings.